The standard InChI is InChI=1S/C12H20N3O2.BrH/c1-14(2)12(16)17-11-7-6-8-13-10(11)9-15(3,4)5;/h6-8H,9H2,1-5H3;1H/q+1;/p-1. The van der Waals surface area contributed by atoms with Crippen LogP contribution in [0.25, 0.3) is 0 Å². The Morgan fingerprint density at radius 1 is 1.39 bits per heavy atom. The van der Waals surface area contributed by atoms with Crippen LogP contribution in [0, 0.1) is 0 Å². The van der Waals surface area contributed by atoms with Crippen molar-refractivity contribution < 1.29 is 31.0 Å². The predicted octanol–water partition coefficient (Wildman–Crippen LogP) is -1.65. The highest BCUT2D eigenvalue weighted by Gasteiger charge is 2.17. The number of carbonyl (C=O) groups is 1. The number of hydrogen-bond acceptors (Lipinski definition) is 3. The molecule has 0 unspecified atom stereocenters. The van der Waals surface area contributed by atoms with Crippen LogP contribution in [0.5, 0.6) is 5.75 Å². The van der Waals surface area contributed by atoms with Gasteiger partial charge in [0.25, 0.3) is 0 Å². The van der Waals surface area contributed by atoms with Crippen molar-refractivity contribution in [2.45, 2.75) is 6.54 Å². The van der Waals surface area contributed by atoms with Crippen molar-refractivity contribution in [1.82, 2.24) is 9.88 Å². The Bertz CT molecular complexity index is 403. The van der Waals surface area contributed by atoms with Crippen LogP contribution in [0.15, 0.2) is 18.3 Å². The fraction of sp³-hybridized carbons (Fsp3) is 0.500. The number of carbonyl (C=O) groups excluding carboxylic acids is 1. The summed E-state index contributed by atoms with van der Waals surface area (Å²) in [6.07, 6.45) is 1.32. The summed E-state index contributed by atoms with van der Waals surface area (Å²) in [7, 11) is 9.49. The lowest BCUT2D eigenvalue weighted by Gasteiger charge is -2.24. The third kappa shape index (κ3) is 5.46. The Kier molecular flexibility index (Phi) is 6.28. The topological polar surface area (TPSA) is 42.4 Å². The number of aromatic nitrogens is 1. The van der Waals surface area contributed by atoms with E-state index in [1.54, 1.807) is 32.4 Å². The minimum atomic E-state index is -0.388. The van der Waals surface area contributed by atoms with Crippen LogP contribution in [0.3, 0.4) is 0 Å². The van der Waals surface area contributed by atoms with Crippen LogP contribution < -0.4 is 21.7 Å². The van der Waals surface area contributed by atoms with E-state index in [2.05, 4.69) is 26.1 Å². The molecule has 0 radical (unpaired) electrons. The van der Waals surface area contributed by atoms with Crippen LogP contribution in [0.1, 0.15) is 5.69 Å². The molecule has 0 aliphatic rings. The lowest BCUT2D eigenvalue weighted by molar-refractivity contribution is -0.884. The largest absolute Gasteiger partial charge is 1.00 e. The first-order valence-corrected chi connectivity index (χ1v) is 5.43. The highest BCUT2D eigenvalue weighted by atomic mass is 79.9. The van der Waals surface area contributed by atoms with Crippen LogP contribution in [-0.2, 0) is 6.54 Å². The Morgan fingerprint density at radius 2 is 2.00 bits per heavy atom. The zero-order chi connectivity index (χ0) is 13.1. The van der Waals surface area contributed by atoms with Gasteiger partial charge in [-0.05, 0) is 12.1 Å². The Labute approximate surface area is 119 Å². The number of amides is 1. The van der Waals surface area contributed by atoms with E-state index in [1.807, 2.05) is 0 Å². The molecule has 0 saturated carbocycles. The van der Waals surface area contributed by atoms with Crippen molar-refractivity contribution in [2.24, 2.45) is 0 Å². The fourth-order valence-corrected chi connectivity index (χ4v) is 1.27. The van der Waals surface area contributed by atoms with E-state index in [0.717, 1.165) is 10.2 Å². The van der Waals surface area contributed by atoms with E-state index in [0.29, 0.717) is 12.3 Å². The van der Waals surface area contributed by atoms with E-state index in [4.69, 9.17) is 4.74 Å². The number of quaternary nitrogens is 1. The fourth-order valence-electron chi connectivity index (χ4n) is 1.27. The van der Waals surface area contributed by atoms with Gasteiger partial charge in [-0.2, -0.15) is 0 Å². The van der Waals surface area contributed by atoms with Gasteiger partial charge in [0.15, 0.2) is 5.75 Å². The quantitative estimate of drug-likeness (QED) is 0.628. The third-order valence-electron chi connectivity index (χ3n) is 2.03. The van der Waals surface area contributed by atoms with Gasteiger partial charge in [0.2, 0.25) is 0 Å². The van der Waals surface area contributed by atoms with E-state index < -0.39 is 0 Å². The number of nitrogens with zero attached hydrogens (tertiary/aromatic N) is 3. The molecule has 0 bridgehead atoms. The van der Waals surface area contributed by atoms with Crippen LogP contribution in [0.2, 0.25) is 0 Å². The summed E-state index contributed by atoms with van der Waals surface area (Å²) < 4.78 is 5.99. The number of halogens is 1. The second-order valence-electron chi connectivity index (χ2n) is 5.16. The predicted molar refractivity (Wildman–Crippen MR) is 65.7 cm³/mol. The molecule has 6 heteroatoms. The summed E-state index contributed by atoms with van der Waals surface area (Å²) >= 11 is 0. The summed E-state index contributed by atoms with van der Waals surface area (Å²) in [6, 6.07) is 3.52. The monoisotopic (exact) mass is 317 g/mol. The minimum Gasteiger partial charge on any atom is -1.00 e. The first kappa shape index (κ1) is 16.9. The summed E-state index contributed by atoms with van der Waals surface area (Å²) in [5.74, 6) is 0.527. The van der Waals surface area contributed by atoms with Crippen molar-refractivity contribution in [2.75, 3.05) is 35.2 Å². The normalized spacial score (nSPS) is 10.5. The average Bonchev–Trinajstić information content (AvgIpc) is 2.18. The third-order valence-corrected chi connectivity index (χ3v) is 2.03. The maximum absolute atomic E-state index is 11.5. The van der Waals surface area contributed by atoms with Gasteiger partial charge in [0.1, 0.15) is 12.2 Å². The minimum absolute atomic E-state index is 0. The van der Waals surface area contributed by atoms with Crippen LogP contribution in [-0.4, -0.2) is 55.7 Å². The van der Waals surface area contributed by atoms with Gasteiger partial charge < -0.3 is 31.1 Å². The van der Waals surface area contributed by atoms with Crippen molar-refractivity contribution in [3.8, 4) is 5.75 Å². The molecule has 102 valence electrons. The van der Waals surface area contributed by atoms with Gasteiger partial charge in [-0.25, -0.2) is 4.79 Å². The number of pyridine rings is 1. The molecule has 1 heterocycles. The molecule has 0 saturated heterocycles. The first-order valence-electron chi connectivity index (χ1n) is 5.43. The van der Waals surface area contributed by atoms with E-state index in [1.165, 1.54) is 4.90 Å². The summed E-state index contributed by atoms with van der Waals surface area (Å²) in [4.78, 5) is 17.2. The van der Waals surface area contributed by atoms with Gasteiger partial charge in [-0.1, -0.05) is 0 Å². The zero-order valence-corrected chi connectivity index (χ0v) is 13.1. The summed E-state index contributed by atoms with van der Waals surface area (Å²) in [5.41, 5.74) is 0.787. The highest BCUT2D eigenvalue weighted by molar-refractivity contribution is 5.70. The molecule has 0 aliphatic heterocycles. The maximum Gasteiger partial charge on any atom is 0.414 e. The maximum atomic E-state index is 11.5. The molecular formula is C12H20BrN3O2. The van der Waals surface area contributed by atoms with Crippen molar-refractivity contribution >= 4 is 6.09 Å². The Hall–Kier alpha value is -1.14. The van der Waals surface area contributed by atoms with Gasteiger partial charge in [-0.3, -0.25) is 4.98 Å². The van der Waals surface area contributed by atoms with Gasteiger partial charge >= 0.3 is 6.09 Å². The smallest absolute Gasteiger partial charge is 0.414 e. The van der Waals surface area contributed by atoms with Crippen molar-refractivity contribution in [3.63, 3.8) is 0 Å². The molecule has 1 aromatic rings. The zero-order valence-electron chi connectivity index (χ0n) is 11.5. The average molecular weight is 318 g/mol. The van der Waals surface area contributed by atoms with Crippen molar-refractivity contribution in [1.29, 1.82) is 0 Å². The molecule has 0 atom stereocenters. The van der Waals surface area contributed by atoms with Gasteiger partial charge in [-0.15, -0.1) is 0 Å². The Morgan fingerprint density at radius 3 is 2.50 bits per heavy atom. The summed E-state index contributed by atoms with van der Waals surface area (Å²) in [6.45, 7) is 0.705. The lowest BCUT2D eigenvalue weighted by atomic mass is 10.3. The molecule has 1 amide bonds. The van der Waals surface area contributed by atoms with E-state index >= 15 is 0 Å². The molecular weight excluding hydrogens is 298 g/mol. The van der Waals surface area contributed by atoms with Crippen LogP contribution in [0.4, 0.5) is 4.79 Å². The van der Waals surface area contributed by atoms with Crippen LogP contribution >= 0.6 is 0 Å². The van der Waals surface area contributed by atoms with Gasteiger partial charge in [0, 0.05) is 20.3 Å². The van der Waals surface area contributed by atoms with Gasteiger partial charge in [0.05, 0.1) is 21.1 Å². The molecule has 0 fully saturated rings. The molecule has 5 nitrogen and oxygen atoms in total. The second kappa shape index (κ2) is 6.70. The number of hydrogen-bond donors (Lipinski definition) is 0. The molecule has 0 aliphatic carbocycles. The molecule has 0 aromatic carbocycles. The highest BCUT2D eigenvalue weighted by Crippen LogP contribution is 2.18. The molecule has 1 aromatic heterocycles. The number of rotatable bonds is 3. The second-order valence-corrected chi connectivity index (χ2v) is 5.16. The molecule has 0 N–H and O–H groups in total. The van der Waals surface area contributed by atoms with Crippen molar-refractivity contribution in [3.05, 3.63) is 24.0 Å². The first-order chi connectivity index (χ1) is 7.79. The Balaban J connectivity index is 0.00000289. The lowest BCUT2D eigenvalue weighted by Crippen LogP contribution is -3.00. The molecule has 1 rings (SSSR count). The summed E-state index contributed by atoms with van der Waals surface area (Å²) in [5, 5.41) is 0. The van der Waals surface area contributed by atoms with E-state index in [-0.39, 0.29) is 23.1 Å². The number of ether oxygens (including phenoxy) is 1. The SMILES string of the molecule is CN(C)C(=O)Oc1cccnc1C[N+](C)(C)C.[Br-]. The molecule has 0 spiro atoms. The van der Waals surface area contributed by atoms with E-state index in [9.17, 15) is 4.79 Å². The molecule has 18 heavy (non-hydrogen) atoms.